The van der Waals surface area contributed by atoms with Crippen molar-refractivity contribution in [1.29, 1.82) is 0 Å². The van der Waals surface area contributed by atoms with Gasteiger partial charge in [-0.3, -0.25) is 4.79 Å². The number of hydrogen-bond acceptors (Lipinski definition) is 5. The minimum atomic E-state index is -0.0170. The SMILES string of the molecule is COc1ccc(C(=O)C=Cc2cc(N3CCN(C)CC3)ccc2-c2ccccc2)cc1CN(C)C. The quantitative estimate of drug-likeness (QED) is 0.340. The lowest BCUT2D eigenvalue weighted by atomic mass is 9.97. The second kappa shape index (κ2) is 11.3. The second-order valence-electron chi connectivity index (χ2n) is 9.39. The predicted molar refractivity (Wildman–Crippen MR) is 145 cm³/mol. The van der Waals surface area contributed by atoms with Crippen LogP contribution in [0.15, 0.2) is 72.8 Å². The number of piperazine rings is 1. The number of carbonyl (C=O) groups is 1. The van der Waals surface area contributed by atoms with Crippen molar-refractivity contribution in [2.75, 3.05) is 59.3 Å². The normalized spacial score (nSPS) is 14.6. The van der Waals surface area contributed by atoms with Crippen LogP contribution in [0.2, 0.25) is 0 Å². The summed E-state index contributed by atoms with van der Waals surface area (Å²) >= 11 is 0. The molecular weight excluding hydrogens is 434 g/mol. The summed E-state index contributed by atoms with van der Waals surface area (Å²) in [6, 6.07) is 22.6. The van der Waals surface area contributed by atoms with E-state index >= 15 is 0 Å². The van der Waals surface area contributed by atoms with Crippen LogP contribution >= 0.6 is 0 Å². The van der Waals surface area contributed by atoms with Crippen molar-refractivity contribution in [2.24, 2.45) is 0 Å². The maximum absolute atomic E-state index is 13.2. The average Bonchev–Trinajstić information content (AvgIpc) is 2.87. The van der Waals surface area contributed by atoms with Gasteiger partial charge in [-0.25, -0.2) is 0 Å². The van der Waals surface area contributed by atoms with E-state index in [2.05, 4.69) is 52.1 Å². The Bertz CT molecular complexity index is 1180. The number of anilines is 1. The molecule has 0 aliphatic carbocycles. The molecule has 1 fully saturated rings. The van der Waals surface area contributed by atoms with E-state index in [0.29, 0.717) is 12.1 Å². The van der Waals surface area contributed by atoms with E-state index in [-0.39, 0.29) is 5.78 Å². The Labute approximate surface area is 209 Å². The van der Waals surface area contributed by atoms with Crippen LogP contribution in [0.5, 0.6) is 5.75 Å². The smallest absolute Gasteiger partial charge is 0.185 e. The number of benzene rings is 3. The van der Waals surface area contributed by atoms with E-state index in [4.69, 9.17) is 4.74 Å². The van der Waals surface area contributed by atoms with Crippen LogP contribution in [-0.2, 0) is 6.54 Å². The third-order valence-electron chi connectivity index (χ3n) is 6.45. The topological polar surface area (TPSA) is 36.0 Å². The van der Waals surface area contributed by atoms with Crippen LogP contribution in [0, 0.1) is 0 Å². The number of hydrogen-bond donors (Lipinski definition) is 0. The third kappa shape index (κ3) is 6.18. The molecule has 1 aliphatic rings. The standard InChI is InChI=1S/C30H35N3O2/c1-31(2)22-26-20-25(11-15-30(26)35-4)29(34)14-10-24-21-27(33-18-16-32(3)17-19-33)12-13-28(24)23-8-6-5-7-9-23/h5-15,20-21H,16-19,22H2,1-4H3. The Kier molecular flexibility index (Phi) is 8.01. The number of rotatable bonds is 8. The molecular formula is C30H35N3O2. The summed E-state index contributed by atoms with van der Waals surface area (Å²) in [7, 11) is 7.84. The first-order chi connectivity index (χ1) is 16.9. The van der Waals surface area contributed by atoms with Crippen molar-refractivity contribution >= 4 is 17.5 Å². The van der Waals surface area contributed by atoms with Crippen LogP contribution < -0.4 is 9.64 Å². The Morgan fingerprint density at radius 1 is 0.971 bits per heavy atom. The highest BCUT2D eigenvalue weighted by Gasteiger charge is 2.16. The molecule has 35 heavy (non-hydrogen) atoms. The maximum atomic E-state index is 13.2. The summed E-state index contributed by atoms with van der Waals surface area (Å²) in [6.45, 7) is 4.82. The van der Waals surface area contributed by atoms with Gasteiger partial charge in [0.25, 0.3) is 0 Å². The van der Waals surface area contributed by atoms with E-state index < -0.39 is 0 Å². The van der Waals surface area contributed by atoms with E-state index in [9.17, 15) is 4.79 Å². The molecule has 0 spiro atoms. The van der Waals surface area contributed by atoms with Gasteiger partial charge >= 0.3 is 0 Å². The van der Waals surface area contributed by atoms with Gasteiger partial charge < -0.3 is 19.4 Å². The van der Waals surface area contributed by atoms with Gasteiger partial charge in [-0.05, 0) is 74.2 Å². The monoisotopic (exact) mass is 469 g/mol. The highest BCUT2D eigenvalue weighted by Crippen LogP contribution is 2.30. The van der Waals surface area contributed by atoms with Gasteiger partial charge in [-0.2, -0.15) is 0 Å². The summed E-state index contributed by atoms with van der Waals surface area (Å²) in [6.07, 6.45) is 3.65. The Balaban J connectivity index is 1.65. The molecule has 0 saturated carbocycles. The van der Waals surface area contributed by atoms with Crippen LogP contribution in [0.25, 0.3) is 17.2 Å². The highest BCUT2D eigenvalue weighted by molar-refractivity contribution is 6.07. The number of nitrogens with zero attached hydrogens (tertiary/aromatic N) is 3. The van der Waals surface area contributed by atoms with Crippen molar-refractivity contribution in [3.05, 3.63) is 89.5 Å². The number of methoxy groups -OCH3 is 1. The largest absolute Gasteiger partial charge is 0.496 e. The highest BCUT2D eigenvalue weighted by atomic mass is 16.5. The Hall–Kier alpha value is -3.41. The molecule has 3 aromatic carbocycles. The van der Waals surface area contributed by atoms with Gasteiger partial charge in [-0.15, -0.1) is 0 Å². The predicted octanol–water partition coefficient (Wildman–Crippen LogP) is 5.07. The van der Waals surface area contributed by atoms with Crippen molar-refractivity contribution in [2.45, 2.75) is 6.54 Å². The first-order valence-corrected chi connectivity index (χ1v) is 12.1. The summed E-state index contributed by atoms with van der Waals surface area (Å²) in [4.78, 5) is 20.0. The first kappa shape index (κ1) is 24.7. The lowest BCUT2D eigenvalue weighted by Gasteiger charge is -2.34. The van der Waals surface area contributed by atoms with E-state index in [1.54, 1.807) is 13.2 Å². The molecule has 0 amide bonds. The molecule has 182 valence electrons. The zero-order chi connectivity index (χ0) is 24.8. The van der Waals surface area contributed by atoms with Crippen LogP contribution in [-0.4, -0.2) is 70.0 Å². The molecule has 0 unspecified atom stereocenters. The zero-order valence-electron chi connectivity index (χ0n) is 21.2. The summed E-state index contributed by atoms with van der Waals surface area (Å²) < 4.78 is 5.49. The minimum Gasteiger partial charge on any atom is -0.496 e. The van der Waals surface area contributed by atoms with E-state index in [0.717, 1.165) is 54.2 Å². The molecule has 0 N–H and O–H groups in total. The number of likely N-dealkylation sites (N-methyl/N-ethyl adjacent to an activating group) is 1. The van der Waals surface area contributed by atoms with E-state index in [1.165, 1.54) is 5.69 Å². The fourth-order valence-corrected chi connectivity index (χ4v) is 4.49. The fraction of sp³-hybridized carbons (Fsp3) is 0.300. The lowest BCUT2D eigenvalue weighted by Crippen LogP contribution is -2.44. The number of allylic oxidation sites excluding steroid dienone is 1. The summed E-state index contributed by atoms with van der Waals surface area (Å²) in [5.41, 5.74) is 6.16. The van der Waals surface area contributed by atoms with Gasteiger partial charge in [0, 0.05) is 49.5 Å². The molecule has 0 aromatic heterocycles. The molecule has 3 aromatic rings. The van der Waals surface area contributed by atoms with Crippen LogP contribution in [0.4, 0.5) is 5.69 Å². The molecule has 1 aliphatic heterocycles. The molecule has 5 nitrogen and oxygen atoms in total. The molecule has 4 rings (SSSR count). The minimum absolute atomic E-state index is 0.0170. The molecule has 1 saturated heterocycles. The van der Waals surface area contributed by atoms with Crippen LogP contribution in [0.1, 0.15) is 21.5 Å². The average molecular weight is 470 g/mol. The van der Waals surface area contributed by atoms with Crippen molar-refractivity contribution in [1.82, 2.24) is 9.80 Å². The van der Waals surface area contributed by atoms with Gasteiger partial charge in [-0.1, -0.05) is 42.5 Å². The Morgan fingerprint density at radius 3 is 2.40 bits per heavy atom. The van der Waals surface area contributed by atoms with Crippen molar-refractivity contribution in [3.8, 4) is 16.9 Å². The molecule has 1 heterocycles. The lowest BCUT2D eigenvalue weighted by molar-refractivity contribution is 0.104. The second-order valence-corrected chi connectivity index (χ2v) is 9.39. The zero-order valence-corrected chi connectivity index (χ0v) is 21.2. The van der Waals surface area contributed by atoms with Crippen LogP contribution in [0.3, 0.4) is 0 Å². The van der Waals surface area contributed by atoms with Gasteiger partial charge in [0.2, 0.25) is 0 Å². The van der Waals surface area contributed by atoms with Gasteiger partial charge in [0.15, 0.2) is 5.78 Å². The first-order valence-electron chi connectivity index (χ1n) is 12.1. The van der Waals surface area contributed by atoms with E-state index in [1.807, 2.05) is 56.6 Å². The summed E-state index contributed by atoms with van der Waals surface area (Å²) in [5.74, 6) is 0.780. The molecule has 0 atom stereocenters. The van der Waals surface area contributed by atoms with Crippen molar-refractivity contribution < 1.29 is 9.53 Å². The molecule has 0 radical (unpaired) electrons. The van der Waals surface area contributed by atoms with Gasteiger partial charge in [0.05, 0.1) is 7.11 Å². The molecule has 0 bridgehead atoms. The van der Waals surface area contributed by atoms with Crippen molar-refractivity contribution in [3.63, 3.8) is 0 Å². The maximum Gasteiger partial charge on any atom is 0.185 e. The summed E-state index contributed by atoms with van der Waals surface area (Å²) in [5, 5.41) is 0. The number of ether oxygens (including phenoxy) is 1. The van der Waals surface area contributed by atoms with Gasteiger partial charge in [0.1, 0.15) is 5.75 Å². The number of ketones is 1. The fourth-order valence-electron chi connectivity index (χ4n) is 4.49. The Morgan fingerprint density at radius 2 is 1.71 bits per heavy atom. The molecule has 5 heteroatoms. The third-order valence-corrected chi connectivity index (χ3v) is 6.45. The number of carbonyl (C=O) groups excluding carboxylic acids is 1.